The van der Waals surface area contributed by atoms with Gasteiger partial charge >= 0.3 is 12.0 Å². The summed E-state index contributed by atoms with van der Waals surface area (Å²) in [7, 11) is 0. The number of carbonyl (C=O) groups is 4. The van der Waals surface area contributed by atoms with Gasteiger partial charge in [-0.15, -0.1) is 0 Å². The van der Waals surface area contributed by atoms with Crippen LogP contribution in [0.2, 0.25) is 5.02 Å². The zero-order chi connectivity index (χ0) is 21.8. The van der Waals surface area contributed by atoms with Gasteiger partial charge in [0.25, 0.3) is 11.8 Å². The molecular formula is C20H26ClN3O5. The Hall–Kier alpha value is -2.61. The van der Waals surface area contributed by atoms with Gasteiger partial charge in [0, 0.05) is 0 Å². The summed E-state index contributed by atoms with van der Waals surface area (Å²) < 4.78 is 4.90. The lowest BCUT2D eigenvalue weighted by molar-refractivity contribution is -0.150. The van der Waals surface area contributed by atoms with Crippen LogP contribution in [0, 0.1) is 12.8 Å². The fourth-order valence-corrected chi connectivity index (χ4v) is 3.15. The van der Waals surface area contributed by atoms with Crippen molar-refractivity contribution in [2.45, 2.75) is 46.1 Å². The lowest BCUT2D eigenvalue weighted by Gasteiger charge is -2.22. The van der Waals surface area contributed by atoms with E-state index in [0.29, 0.717) is 23.0 Å². The molecule has 9 heteroatoms. The quantitative estimate of drug-likeness (QED) is 0.494. The molecule has 2 N–H and O–H groups in total. The predicted octanol–water partition coefficient (Wildman–Crippen LogP) is 2.88. The van der Waals surface area contributed by atoms with Crippen molar-refractivity contribution in [1.82, 2.24) is 10.2 Å². The van der Waals surface area contributed by atoms with Crippen molar-refractivity contribution in [1.29, 1.82) is 0 Å². The largest absolute Gasteiger partial charge is 0.454 e. The van der Waals surface area contributed by atoms with Crippen molar-refractivity contribution in [3.63, 3.8) is 0 Å². The Bertz CT molecular complexity index is 826. The van der Waals surface area contributed by atoms with Gasteiger partial charge in [0.05, 0.1) is 10.7 Å². The van der Waals surface area contributed by atoms with Crippen LogP contribution in [-0.2, 0) is 19.1 Å². The molecule has 0 spiro atoms. The molecule has 1 aliphatic rings. The third kappa shape index (κ3) is 5.93. The number of imide groups is 1. The van der Waals surface area contributed by atoms with Gasteiger partial charge in [-0.2, -0.15) is 0 Å². The van der Waals surface area contributed by atoms with Crippen molar-refractivity contribution in [2.75, 3.05) is 18.5 Å². The Balaban J connectivity index is 1.86. The summed E-state index contributed by atoms with van der Waals surface area (Å²) in [6.45, 7) is 6.43. The molecule has 0 aromatic heterocycles. The topological polar surface area (TPSA) is 105 Å². The predicted molar refractivity (Wildman–Crippen MR) is 108 cm³/mol. The minimum Gasteiger partial charge on any atom is -0.454 e. The third-order valence-electron chi connectivity index (χ3n) is 4.62. The molecule has 1 heterocycles. The van der Waals surface area contributed by atoms with Crippen LogP contribution in [0.25, 0.3) is 0 Å². The number of ether oxygens (including phenoxy) is 1. The zero-order valence-corrected chi connectivity index (χ0v) is 17.8. The van der Waals surface area contributed by atoms with Crippen molar-refractivity contribution >= 4 is 41.1 Å². The summed E-state index contributed by atoms with van der Waals surface area (Å²) in [5, 5.41) is 5.54. The van der Waals surface area contributed by atoms with E-state index in [1.165, 1.54) is 0 Å². The van der Waals surface area contributed by atoms with E-state index >= 15 is 0 Å². The molecule has 29 heavy (non-hydrogen) atoms. The minimum absolute atomic E-state index is 0.365. The number of urea groups is 1. The third-order valence-corrected chi connectivity index (χ3v) is 4.93. The Morgan fingerprint density at radius 3 is 2.62 bits per heavy atom. The molecule has 0 bridgehead atoms. The molecule has 2 rings (SSSR count). The first-order chi connectivity index (χ1) is 13.5. The Morgan fingerprint density at radius 1 is 1.31 bits per heavy atom. The smallest absolute Gasteiger partial charge is 0.326 e. The summed E-state index contributed by atoms with van der Waals surface area (Å²) in [5.41, 5.74) is 0.294. The number of aryl methyl sites for hydroxylation is 1. The molecule has 0 unspecified atom stereocenters. The van der Waals surface area contributed by atoms with Crippen LogP contribution in [0.4, 0.5) is 10.5 Å². The second-order valence-electron chi connectivity index (χ2n) is 7.78. The summed E-state index contributed by atoms with van der Waals surface area (Å²) in [6, 6.07) is 4.47. The van der Waals surface area contributed by atoms with E-state index in [0.717, 1.165) is 16.9 Å². The van der Waals surface area contributed by atoms with Crippen LogP contribution in [0.5, 0.6) is 0 Å². The number of nitrogens with zero attached hydrogens (tertiary/aromatic N) is 1. The van der Waals surface area contributed by atoms with Gasteiger partial charge in [-0.05, 0) is 50.3 Å². The lowest BCUT2D eigenvalue weighted by Crippen LogP contribution is -2.44. The number of anilines is 1. The molecule has 1 atom stereocenters. The van der Waals surface area contributed by atoms with Gasteiger partial charge < -0.3 is 15.4 Å². The van der Waals surface area contributed by atoms with Crippen molar-refractivity contribution < 1.29 is 23.9 Å². The van der Waals surface area contributed by atoms with Gasteiger partial charge in [0.2, 0.25) is 0 Å². The van der Waals surface area contributed by atoms with Crippen molar-refractivity contribution in [2.24, 2.45) is 5.92 Å². The van der Waals surface area contributed by atoms with E-state index in [2.05, 4.69) is 10.6 Å². The number of esters is 1. The Labute approximate surface area is 174 Å². The highest BCUT2D eigenvalue weighted by atomic mass is 35.5. The highest BCUT2D eigenvalue weighted by molar-refractivity contribution is 6.33. The molecule has 0 saturated carbocycles. The second kappa shape index (κ2) is 9.26. The number of benzene rings is 1. The van der Waals surface area contributed by atoms with E-state index < -0.39 is 42.5 Å². The average molecular weight is 424 g/mol. The van der Waals surface area contributed by atoms with Crippen molar-refractivity contribution in [3.8, 4) is 0 Å². The zero-order valence-electron chi connectivity index (χ0n) is 17.0. The number of halogens is 1. The molecule has 1 aliphatic heterocycles. The van der Waals surface area contributed by atoms with Gasteiger partial charge in [-0.25, -0.2) is 4.79 Å². The van der Waals surface area contributed by atoms with Crippen LogP contribution >= 0.6 is 11.6 Å². The van der Waals surface area contributed by atoms with E-state index in [1.54, 1.807) is 25.1 Å². The molecule has 0 radical (unpaired) electrons. The van der Waals surface area contributed by atoms with E-state index in [1.807, 2.05) is 20.8 Å². The molecular weight excluding hydrogens is 398 g/mol. The number of hydrogen-bond donors (Lipinski definition) is 2. The Morgan fingerprint density at radius 2 is 2.00 bits per heavy atom. The molecule has 1 aromatic carbocycles. The minimum atomic E-state index is -1.04. The van der Waals surface area contributed by atoms with Gasteiger partial charge in [-0.3, -0.25) is 19.3 Å². The van der Waals surface area contributed by atoms with Gasteiger partial charge in [0.15, 0.2) is 6.61 Å². The summed E-state index contributed by atoms with van der Waals surface area (Å²) in [5.74, 6) is -1.54. The summed E-state index contributed by atoms with van der Waals surface area (Å²) in [4.78, 5) is 49.5. The number of rotatable bonds is 8. The first-order valence-electron chi connectivity index (χ1n) is 9.37. The highest BCUT2D eigenvalue weighted by Gasteiger charge is 2.48. The normalized spacial score (nSPS) is 18.8. The molecule has 158 valence electrons. The van der Waals surface area contributed by atoms with Crippen LogP contribution in [0.3, 0.4) is 0 Å². The van der Waals surface area contributed by atoms with Crippen LogP contribution in [0.1, 0.15) is 39.2 Å². The maximum atomic E-state index is 12.6. The van der Waals surface area contributed by atoms with E-state index in [-0.39, 0.29) is 0 Å². The van der Waals surface area contributed by atoms with E-state index in [4.69, 9.17) is 16.3 Å². The maximum absolute atomic E-state index is 12.6. The Kier molecular flexibility index (Phi) is 7.24. The molecule has 8 nitrogen and oxygen atoms in total. The number of carbonyl (C=O) groups excluding carboxylic acids is 4. The maximum Gasteiger partial charge on any atom is 0.326 e. The molecule has 1 fully saturated rings. The number of hydrogen-bond acceptors (Lipinski definition) is 5. The average Bonchev–Trinajstić information content (AvgIpc) is 2.84. The van der Waals surface area contributed by atoms with E-state index in [9.17, 15) is 19.2 Å². The fraction of sp³-hybridized carbons (Fsp3) is 0.500. The standard InChI is InChI=1S/C20H26ClN3O5/c1-12(2)7-8-20(4)18(27)24(19(28)23-20)10-17(26)29-11-16(25)22-15-6-5-13(3)9-14(15)21/h5-6,9,12H,7-8,10-11H2,1-4H3,(H,22,25)(H,23,28)/t20-/m0/s1. The van der Waals surface area contributed by atoms with Gasteiger partial charge in [-0.1, -0.05) is 31.5 Å². The van der Waals surface area contributed by atoms with Crippen molar-refractivity contribution in [3.05, 3.63) is 28.8 Å². The first kappa shape index (κ1) is 22.7. The first-order valence-corrected chi connectivity index (χ1v) is 9.75. The fourth-order valence-electron chi connectivity index (χ4n) is 2.87. The summed E-state index contributed by atoms with van der Waals surface area (Å²) in [6.07, 6.45) is 1.23. The molecule has 0 aliphatic carbocycles. The molecule has 4 amide bonds. The lowest BCUT2D eigenvalue weighted by atomic mass is 9.92. The SMILES string of the molecule is Cc1ccc(NC(=O)COC(=O)CN2C(=O)N[C@@](C)(CCC(C)C)C2=O)c(Cl)c1. The number of amides is 4. The highest BCUT2D eigenvalue weighted by Crippen LogP contribution is 2.25. The second-order valence-corrected chi connectivity index (χ2v) is 8.19. The molecule has 1 saturated heterocycles. The monoisotopic (exact) mass is 423 g/mol. The summed E-state index contributed by atoms with van der Waals surface area (Å²) >= 11 is 6.04. The van der Waals surface area contributed by atoms with Crippen LogP contribution < -0.4 is 10.6 Å². The van der Waals surface area contributed by atoms with Crippen LogP contribution in [0.15, 0.2) is 18.2 Å². The van der Waals surface area contributed by atoms with Gasteiger partial charge in [0.1, 0.15) is 12.1 Å². The van der Waals surface area contributed by atoms with Crippen LogP contribution in [-0.4, -0.2) is 47.4 Å². The molecule has 1 aromatic rings. The number of nitrogens with one attached hydrogen (secondary N) is 2.